The predicted molar refractivity (Wildman–Crippen MR) is 89.2 cm³/mol. The van der Waals surface area contributed by atoms with E-state index in [9.17, 15) is 4.39 Å². The van der Waals surface area contributed by atoms with Gasteiger partial charge in [-0.05, 0) is 41.7 Å². The lowest BCUT2D eigenvalue weighted by Crippen LogP contribution is -2.29. The van der Waals surface area contributed by atoms with Gasteiger partial charge in [0.15, 0.2) is 0 Å². The van der Waals surface area contributed by atoms with Crippen LogP contribution in [0.15, 0.2) is 48.6 Å². The molecule has 0 amide bonds. The van der Waals surface area contributed by atoms with Gasteiger partial charge in [-0.3, -0.25) is 0 Å². The van der Waals surface area contributed by atoms with E-state index in [1.807, 2.05) is 24.3 Å². The molecule has 1 N–H and O–H groups in total. The van der Waals surface area contributed by atoms with Gasteiger partial charge < -0.3 is 5.32 Å². The number of hydrogen-bond acceptors (Lipinski definition) is 1. The number of rotatable bonds is 1. The molecule has 22 heavy (non-hydrogen) atoms. The molecule has 0 fully saturated rings. The zero-order valence-electron chi connectivity index (χ0n) is 11.7. The Morgan fingerprint density at radius 3 is 2.59 bits per heavy atom. The van der Waals surface area contributed by atoms with E-state index in [0.29, 0.717) is 21.9 Å². The smallest absolute Gasteiger partial charge is 0.123 e. The van der Waals surface area contributed by atoms with Crippen LogP contribution in [0.25, 0.3) is 0 Å². The summed E-state index contributed by atoms with van der Waals surface area (Å²) < 4.78 is 13.2. The largest absolute Gasteiger partial charge is 0.376 e. The summed E-state index contributed by atoms with van der Waals surface area (Å²) in [6, 6.07) is 10.7. The van der Waals surface area contributed by atoms with Gasteiger partial charge in [0.05, 0.1) is 21.8 Å². The van der Waals surface area contributed by atoms with Crippen LogP contribution in [0.5, 0.6) is 0 Å². The quantitative estimate of drug-likeness (QED) is 0.635. The first-order valence-corrected chi connectivity index (χ1v) is 8.07. The van der Waals surface area contributed by atoms with Crippen LogP contribution < -0.4 is 5.32 Å². The molecule has 2 aromatic rings. The molecule has 4 heteroatoms. The second-order valence-corrected chi connectivity index (χ2v) is 6.64. The molecule has 1 aliphatic carbocycles. The van der Waals surface area contributed by atoms with Crippen LogP contribution in [0.3, 0.4) is 0 Å². The van der Waals surface area contributed by atoms with E-state index in [1.165, 1.54) is 17.7 Å². The lowest BCUT2D eigenvalue weighted by atomic mass is 9.77. The van der Waals surface area contributed by atoms with Gasteiger partial charge in [-0.25, -0.2) is 4.39 Å². The number of allylic oxidation sites excluding steroid dienone is 2. The van der Waals surface area contributed by atoms with Crippen LogP contribution in [0, 0.1) is 11.7 Å². The van der Waals surface area contributed by atoms with Crippen molar-refractivity contribution in [1.29, 1.82) is 0 Å². The van der Waals surface area contributed by atoms with Crippen molar-refractivity contribution in [3.8, 4) is 0 Å². The molecular weight excluding hydrogens is 320 g/mol. The van der Waals surface area contributed by atoms with Crippen molar-refractivity contribution < 1.29 is 4.39 Å². The second-order valence-electron chi connectivity index (χ2n) is 5.85. The first-order valence-electron chi connectivity index (χ1n) is 7.31. The highest BCUT2D eigenvalue weighted by atomic mass is 35.5. The van der Waals surface area contributed by atoms with Crippen LogP contribution in [0.1, 0.15) is 29.5 Å². The maximum absolute atomic E-state index is 13.2. The number of nitrogens with one attached hydrogen (secondary N) is 1. The lowest BCUT2D eigenvalue weighted by molar-refractivity contribution is 0.425. The fraction of sp³-hybridized carbons (Fsp3) is 0.222. The molecule has 0 saturated heterocycles. The second kappa shape index (κ2) is 5.29. The number of benzene rings is 2. The van der Waals surface area contributed by atoms with E-state index in [4.69, 9.17) is 23.2 Å². The molecule has 0 bridgehead atoms. The van der Waals surface area contributed by atoms with Crippen molar-refractivity contribution in [2.75, 3.05) is 5.32 Å². The topological polar surface area (TPSA) is 12.0 Å². The number of hydrogen-bond donors (Lipinski definition) is 1. The van der Waals surface area contributed by atoms with E-state index in [0.717, 1.165) is 17.7 Å². The lowest BCUT2D eigenvalue weighted by Gasteiger charge is -2.38. The summed E-state index contributed by atoms with van der Waals surface area (Å²) in [6.45, 7) is 0. The molecular formula is C18H14Cl2FN. The Morgan fingerprint density at radius 2 is 1.82 bits per heavy atom. The Balaban J connectivity index is 1.82. The van der Waals surface area contributed by atoms with E-state index >= 15 is 0 Å². The van der Waals surface area contributed by atoms with Crippen molar-refractivity contribution >= 4 is 28.9 Å². The van der Waals surface area contributed by atoms with E-state index in [2.05, 4.69) is 17.5 Å². The first kappa shape index (κ1) is 14.1. The van der Waals surface area contributed by atoms with E-state index in [-0.39, 0.29) is 11.9 Å². The van der Waals surface area contributed by atoms with Gasteiger partial charge >= 0.3 is 0 Å². The first-order chi connectivity index (χ1) is 10.6. The normalized spacial score (nSPS) is 25.5. The third kappa shape index (κ3) is 2.13. The Morgan fingerprint density at radius 1 is 1.05 bits per heavy atom. The molecule has 2 aromatic carbocycles. The van der Waals surface area contributed by atoms with Crippen molar-refractivity contribution in [3.05, 3.63) is 75.5 Å². The molecule has 4 rings (SSSR count). The molecule has 1 nitrogen and oxygen atoms in total. The Hall–Kier alpha value is -1.51. The van der Waals surface area contributed by atoms with Gasteiger partial charge in [-0.1, -0.05) is 53.6 Å². The molecule has 0 radical (unpaired) electrons. The fourth-order valence-electron chi connectivity index (χ4n) is 3.60. The monoisotopic (exact) mass is 333 g/mol. The minimum Gasteiger partial charge on any atom is -0.376 e. The van der Waals surface area contributed by atoms with Crippen LogP contribution >= 0.6 is 23.2 Å². The highest BCUT2D eigenvalue weighted by molar-refractivity contribution is 6.43. The summed E-state index contributed by atoms with van der Waals surface area (Å²) in [5.74, 6) is 0.512. The molecule has 1 aliphatic heterocycles. The highest BCUT2D eigenvalue weighted by Crippen LogP contribution is 2.52. The molecule has 0 spiro atoms. The van der Waals surface area contributed by atoms with Crippen molar-refractivity contribution in [3.63, 3.8) is 0 Å². The molecule has 0 unspecified atom stereocenters. The third-order valence-electron chi connectivity index (χ3n) is 4.66. The standard InChI is InChI=1S/C18H14Cl2FN/c19-15-9-8-14-12-2-1-3-13(12)17(22-18(14)16(15)20)10-4-6-11(21)7-5-10/h1-2,4-9,12-13,17,22H,3H2/t12-,13+,17-/m0/s1. The van der Waals surface area contributed by atoms with Gasteiger partial charge in [-0.15, -0.1) is 0 Å². The Bertz CT molecular complexity index is 754. The maximum atomic E-state index is 13.2. The van der Waals surface area contributed by atoms with Crippen molar-refractivity contribution in [2.45, 2.75) is 18.4 Å². The summed E-state index contributed by atoms with van der Waals surface area (Å²) in [7, 11) is 0. The molecule has 3 atom stereocenters. The minimum absolute atomic E-state index is 0.101. The third-order valence-corrected chi connectivity index (χ3v) is 5.46. The van der Waals surface area contributed by atoms with Crippen LogP contribution in [0.4, 0.5) is 10.1 Å². The minimum atomic E-state index is -0.220. The fourth-order valence-corrected chi connectivity index (χ4v) is 3.99. The molecule has 0 saturated carbocycles. The zero-order valence-corrected chi connectivity index (χ0v) is 13.2. The SMILES string of the molecule is Fc1ccc([C@@H]2Nc3c(ccc(Cl)c3Cl)[C@H]3C=CC[C@H]32)cc1. The van der Waals surface area contributed by atoms with Crippen LogP contribution in [-0.2, 0) is 0 Å². The number of fused-ring (bicyclic) bond motifs is 3. The van der Waals surface area contributed by atoms with Gasteiger partial charge in [0.25, 0.3) is 0 Å². The molecule has 1 heterocycles. The van der Waals surface area contributed by atoms with E-state index in [1.54, 1.807) is 0 Å². The molecule has 0 aromatic heterocycles. The predicted octanol–water partition coefficient (Wildman–Crippen LogP) is 5.96. The summed E-state index contributed by atoms with van der Waals surface area (Å²) in [5.41, 5.74) is 3.16. The molecule has 112 valence electrons. The van der Waals surface area contributed by atoms with Crippen LogP contribution in [0.2, 0.25) is 10.0 Å². The van der Waals surface area contributed by atoms with Gasteiger partial charge in [0, 0.05) is 5.92 Å². The summed E-state index contributed by atoms with van der Waals surface area (Å²) >= 11 is 12.6. The van der Waals surface area contributed by atoms with E-state index < -0.39 is 0 Å². The van der Waals surface area contributed by atoms with Crippen molar-refractivity contribution in [1.82, 2.24) is 0 Å². The highest BCUT2D eigenvalue weighted by Gasteiger charge is 2.38. The average Bonchev–Trinajstić information content (AvgIpc) is 3.01. The summed E-state index contributed by atoms with van der Waals surface area (Å²) in [4.78, 5) is 0. The van der Waals surface area contributed by atoms with Gasteiger partial charge in [0.2, 0.25) is 0 Å². The zero-order chi connectivity index (χ0) is 15.3. The van der Waals surface area contributed by atoms with Crippen LogP contribution in [-0.4, -0.2) is 0 Å². The number of halogens is 3. The summed E-state index contributed by atoms with van der Waals surface area (Å²) in [6.07, 6.45) is 5.45. The van der Waals surface area contributed by atoms with Crippen molar-refractivity contribution in [2.24, 2.45) is 5.92 Å². The Kier molecular flexibility index (Phi) is 3.39. The van der Waals surface area contributed by atoms with Gasteiger partial charge in [0.1, 0.15) is 5.82 Å². The Labute approximate surface area is 138 Å². The van der Waals surface area contributed by atoms with Gasteiger partial charge in [-0.2, -0.15) is 0 Å². The maximum Gasteiger partial charge on any atom is 0.123 e. The number of anilines is 1. The summed E-state index contributed by atoms with van der Waals surface area (Å²) in [5, 5.41) is 4.64. The molecule has 2 aliphatic rings. The average molecular weight is 334 g/mol.